The van der Waals surface area contributed by atoms with Crippen LogP contribution in [0.15, 0.2) is 18.5 Å². The maximum absolute atomic E-state index is 11.2. The number of benzene rings is 1. The Balaban J connectivity index is 2.53. The Morgan fingerprint density at radius 2 is 2.00 bits per heavy atom. The Labute approximate surface area is 117 Å². The Hall–Kier alpha value is -2.37. The Morgan fingerprint density at radius 3 is 2.50 bits per heavy atom. The smallest absolute Gasteiger partial charge is 0.171 e. The van der Waals surface area contributed by atoms with Crippen LogP contribution >= 0.6 is 0 Å². The average molecular weight is 275 g/mol. The molecule has 0 fully saturated rings. The van der Waals surface area contributed by atoms with E-state index in [4.69, 9.17) is 9.47 Å². The Morgan fingerprint density at radius 1 is 1.25 bits per heavy atom. The first-order valence-electron chi connectivity index (χ1n) is 6.23. The van der Waals surface area contributed by atoms with Crippen molar-refractivity contribution in [3.63, 3.8) is 0 Å². The third-order valence-corrected chi connectivity index (χ3v) is 2.91. The molecule has 0 aliphatic heterocycles. The number of methoxy groups -OCH3 is 2. The molecule has 6 nitrogen and oxygen atoms in total. The molecule has 0 bridgehead atoms. The first-order chi connectivity index (χ1) is 9.60. The molecule has 0 unspecified atom stereocenters. The standard InChI is InChI=1S/C14H17N3O3/c1-9(2)14-15-8-17(16-14)11-5-10(7-18)13(20-4)12(6-11)19-3/h5-9H,1-4H3. The lowest BCUT2D eigenvalue weighted by molar-refractivity contribution is 0.112. The Bertz CT molecular complexity index is 620. The summed E-state index contributed by atoms with van der Waals surface area (Å²) in [5.74, 6) is 1.87. The van der Waals surface area contributed by atoms with Gasteiger partial charge in [-0.05, 0) is 6.07 Å². The molecule has 0 radical (unpaired) electrons. The number of nitrogens with zero attached hydrogens (tertiary/aromatic N) is 3. The molecular weight excluding hydrogens is 258 g/mol. The van der Waals surface area contributed by atoms with Gasteiger partial charge in [0.25, 0.3) is 0 Å². The highest BCUT2D eigenvalue weighted by Crippen LogP contribution is 2.32. The lowest BCUT2D eigenvalue weighted by atomic mass is 10.1. The summed E-state index contributed by atoms with van der Waals surface area (Å²) in [4.78, 5) is 15.4. The van der Waals surface area contributed by atoms with Gasteiger partial charge in [-0.1, -0.05) is 13.8 Å². The molecule has 0 saturated carbocycles. The quantitative estimate of drug-likeness (QED) is 0.783. The summed E-state index contributed by atoms with van der Waals surface area (Å²) < 4.78 is 12.1. The van der Waals surface area contributed by atoms with E-state index in [9.17, 15) is 4.79 Å². The SMILES string of the molecule is COc1cc(-n2cnc(C(C)C)n2)cc(C=O)c1OC. The van der Waals surface area contributed by atoms with Gasteiger partial charge in [0.2, 0.25) is 0 Å². The second kappa shape index (κ2) is 5.73. The van der Waals surface area contributed by atoms with Crippen molar-refractivity contribution in [3.05, 3.63) is 29.8 Å². The molecule has 6 heteroatoms. The highest BCUT2D eigenvalue weighted by molar-refractivity contribution is 5.82. The zero-order valence-corrected chi connectivity index (χ0v) is 12.0. The fraction of sp³-hybridized carbons (Fsp3) is 0.357. The van der Waals surface area contributed by atoms with E-state index in [1.165, 1.54) is 14.2 Å². The van der Waals surface area contributed by atoms with Gasteiger partial charge in [0.05, 0.1) is 25.5 Å². The Kier molecular flexibility index (Phi) is 4.02. The summed E-state index contributed by atoms with van der Waals surface area (Å²) in [6.07, 6.45) is 2.34. The zero-order valence-electron chi connectivity index (χ0n) is 12.0. The molecule has 0 aliphatic rings. The minimum absolute atomic E-state index is 0.238. The van der Waals surface area contributed by atoms with Crippen molar-refractivity contribution >= 4 is 6.29 Å². The van der Waals surface area contributed by atoms with Gasteiger partial charge in [-0.3, -0.25) is 4.79 Å². The number of carbonyl (C=O) groups is 1. The fourth-order valence-corrected chi connectivity index (χ4v) is 1.86. The normalized spacial score (nSPS) is 10.7. The summed E-state index contributed by atoms with van der Waals surface area (Å²) in [5.41, 5.74) is 1.10. The molecule has 1 heterocycles. The number of hydrogen-bond donors (Lipinski definition) is 0. The molecule has 0 amide bonds. The topological polar surface area (TPSA) is 66.2 Å². The average Bonchev–Trinajstić information content (AvgIpc) is 2.95. The van der Waals surface area contributed by atoms with Crippen molar-refractivity contribution in [3.8, 4) is 17.2 Å². The van der Waals surface area contributed by atoms with Gasteiger partial charge < -0.3 is 9.47 Å². The van der Waals surface area contributed by atoms with E-state index in [-0.39, 0.29) is 5.92 Å². The number of aromatic nitrogens is 3. The van der Waals surface area contributed by atoms with E-state index in [0.717, 1.165) is 12.1 Å². The van der Waals surface area contributed by atoms with Gasteiger partial charge >= 0.3 is 0 Å². The van der Waals surface area contributed by atoms with E-state index in [1.54, 1.807) is 23.1 Å². The van der Waals surface area contributed by atoms with E-state index < -0.39 is 0 Å². The molecule has 1 aromatic carbocycles. The molecule has 0 N–H and O–H groups in total. The predicted octanol–water partition coefficient (Wildman–Crippen LogP) is 2.22. The maximum Gasteiger partial charge on any atom is 0.171 e. The van der Waals surface area contributed by atoms with Gasteiger partial charge in [0.1, 0.15) is 6.33 Å². The first kappa shape index (κ1) is 14.0. The van der Waals surface area contributed by atoms with Crippen LogP contribution in [0.25, 0.3) is 5.69 Å². The molecule has 0 aliphatic carbocycles. The van der Waals surface area contributed by atoms with E-state index >= 15 is 0 Å². The lowest BCUT2D eigenvalue weighted by Gasteiger charge is -2.12. The van der Waals surface area contributed by atoms with Gasteiger partial charge in [0.15, 0.2) is 23.6 Å². The highest BCUT2D eigenvalue weighted by atomic mass is 16.5. The van der Waals surface area contributed by atoms with E-state index in [2.05, 4.69) is 10.1 Å². The maximum atomic E-state index is 11.2. The van der Waals surface area contributed by atoms with Crippen LogP contribution in [-0.2, 0) is 0 Å². The summed E-state index contributed by atoms with van der Waals surface area (Å²) >= 11 is 0. The molecule has 106 valence electrons. The van der Waals surface area contributed by atoms with Crippen LogP contribution in [0.4, 0.5) is 0 Å². The number of hydrogen-bond acceptors (Lipinski definition) is 5. The molecular formula is C14H17N3O3. The number of carbonyl (C=O) groups excluding carboxylic acids is 1. The van der Waals surface area contributed by atoms with Crippen LogP contribution < -0.4 is 9.47 Å². The lowest BCUT2D eigenvalue weighted by Crippen LogP contribution is -2.02. The summed E-state index contributed by atoms with van der Waals surface area (Å²) in [6.45, 7) is 4.04. The van der Waals surface area contributed by atoms with Gasteiger partial charge in [-0.15, -0.1) is 0 Å². The summed E-state index contributed by atoms with van der Waals surface area (Å²) in [6, 6.07) is 3.44. The fourth-order valence-electron chi connectivity index (χ4n) is 1.86. The van der Waals surface area contributed by atoms with Crippen LogP contribution in [-0.4, -0.2) is 35.3 Å². The number of rotatable bonds is 5. The van der Waals surface area contributed by atoms with Gasteiger partial charge in [-0.25, -0.2) is 9.67 Å². The minimum Gasteiger partial charge on any atom is -0.493 e. The van der Waals surface area contributed by atoms with E-state index in [0.29, 0.717) is 22.7 Å². The van der Waals surface area contributed by atoms with Crippen LogP contribution in [0.5, 0.6) is 11.5 Å². The van der Waals surface area contributed by atoms with Crippen molar-refractivity contribution in [1.29, 1.82) is 0 Å². The summed E-state index contributed by atoms with van der Waals surface area (Å²) in [7, 11) is 3.02. The molecule has 2 rings (SSSR count). The molecule has 1 aromatic heterocycles. The third kappa shape index (κ3) is 2.49. The largest absolute Gasteiger partial charge is 0.493 e. The van der Waals surface area contributed by atoms with Crippen molar-refractivity contribution < 1.29 is 14.3 Å². The van der Waals surface area contributed by atoms with Gasteiger partial charge in [0, 0.05) is 12.0 Å². The monoisotopic (exact) mass is 275 g/mol. The molecule has 0 spiro atoms. The zero-order chi connectivity index (χ0) is 14.7. The predicted molar refractivity (Wildman–Crippen MR) is 73.9 cm³/mol. The third-order valence-electron chi connectivity index (χ3n) is 2.91. The van der Waals surface area contributed by atoms with Crippen LogP contribution in [0, 0.1) is 0 Å². The minimum atomic E-state index is 0.238. The number of aldehydes is 1. The van der Waals surface area contributed by atoms with Crippen molar-refractivity contribution in [2.75, 3.05) is 14.2 Å². The van der Waals surface area contributed by atoms with Crippen LogP contribution in [0.1, 0.15) is 35.9 Å². The molecule has 2 aromatic rings. The van der Waals surface area contributed by atoms with Crippen molar-refractivity contribution in [2.45, 2.75) is 19.8 Å². The van der Waals surface area contributed by atoms with Crippen molar-refractivity contribution in [1.82, 2.24) is 14.8 Å². The van der Waals surface area contributed by atoms with Crippen molar-refractivity contribution in [2.24, 2.45) is 0 Å². The van der Waals surface area contributed by atoms with Gasteiger partial charge in [-0.2, -0.15) is 5.10 Å². The molecule has 20 heavy (non-hydrogen) atoms. The highest BCUT2D eigenvalue weighted by Gasteiger charge is 2.14. The second-order valence-electron chi connectivity index (χ2n) is 4.59. The summed E-state index contributed by atoms with van der Waals surface area (Å²) in [5, 5.41) is 4.38. The van der Waals surface area contributed by atoms with Crippen LogP contribution in [0.2, 0.25) is 0 Å². The molecule has 0 saturated heterocycles. The molecule has 0 atom stereocenters. The second-order valence-corrected chi connectivity index (χ2v) is 4.59. The van der Waals surface area contributed by atoms with Crippen LogP contribution in [0.3, 0.4) is 0 Å². The number of ether oxygens (including phenoxy) is 2. The van der Waals surface area contributed by atoms with E-state index in [1.807, 2.05) is 13.8 Å². The first-order valence-corrected chi connectivity index (χ1v) is 6.23.